The Morgan fingerprint density at radius 3 is 1.73 bits per heavy atom. The van der Waals surface area contributed by atoms with Gasteiger partial charge in [-0.1, -0.05) is 72.8 Å². The van der Waals surface area contributed by atoms with E-state index >= 15 is 0 Å². The maximum Gasteiger partial charge on any atom is 0.139 e. The van der Waals surface area contributed by atoms with E-state index in [-0.39, 0.29) is 0 Å². The van der Waals surface area contributed by atoms with Crippen LogP contribution in [0.25, 0.3) is 0 Å². The molecule has 3 nitrogen and oxygen atoms in total. The van der Waals surface area contributed by atoms with Crippen molar-refractivity contribution in [3.8, 4) is 5.75 Å². The van der Waals surface area contributed by atoms with Gasteiger partial charge >= 0.3 is 0 Å². The minimum atomic E-state index is 0.351. The average Bonchev–Trinajstić information content (AvgIpc) is 2.71. The zero-order valence-corrected chi connectivity index (χ0v) is 14.9. The Morgan fingerprint density at radius 2 is 1.19 bits per heavy atom. The van der Waals surface area contributed by atoms with E-state index in [1.807, 2.05) is 18.2 Å². The molecule has 3 aromatic carbocycles. The van der Waals surface area contributed by atoms with Crippen molar-refractivity contribution in [3.63, 3.8) is 0 Å². The van der Waals surface area contributed by atoms with Crippen LogP contribution in [0.3, 0.4) is 0 Å². The summed E-state index contributed by atoms with van der Waals surface area (Å²) in [5.41, 5.74) is 3.68. The summed E-state index contributed by atoms with van der Waals surface area (Å²) in [6, 6.07) is 29.6. The number of aromatic hydroxyl groups is 1. The molecule has 3 aromatic rings. The summed E-state index contributed by atoms with van der Waals surface area (Å²) in [5, 5.41) is 10.1. The molecule has 132 valence electrons. The van der Waals surface area contributed by atoms with Gasteiger partial charge in [0.15, 0.2) is 0 Å². The molecular weight excluding hydrogens is 320 g/mol. The van der Waals surface area contributed by atoms with Crippen molar-refractivity contribution in [2.75, 3.05) is 31.1 Å². The van der Waals surface area contributed by atoms with Crippen molar-refractivity contribution in [2.45, 2.75) is 6.04 Å². The monoisotopic (exact) mass is 345 g/mol. The van der Waals surface area contributed by atoms with Gasteiger partial charge in [0, 0.05) is 11.1 Å². The maximum absolute atomic E-state index is 10.1. The molecule has 0 aromatic heterocycles. The minimum absolute atomic E-state index is 0.351. The lowest BCUT2D eigenvalue weighted by atomic mass is 9.96. The topological polar surface area (TPSA) is 27.9 Å². The number of nitrogens with zero attached hydrogens (tertiary/aromatic N) is 1. The molecule has 2 N–H and O–H groups in total. The first-order valence-corrected chi connectivity index (χ1v) is 9.30. The number of nitrogens with one attached hydrogen (secondary N) is 1. The molecule has 1 heterocycles. The molecular formula is C23H25N2O+. The molecule has 3 heteroatoms. The van der Waals surface area contributed by atoms with Gasteiger partial charge in [0.2, 0.25) is 0 Å². The molecule has 1 aliphatic rings. The lowest BCUT2D eigenvalue weighted by molar-refractivity contribution is -0.926. The molecule has 0 unspecified atom stereocenters. The molecule has 1 saturated heterocycles. The highest BCUT2D eigenvalue weighted by Gasteiger charge is 2.30. The summed E-state index contributed by atoms with van der Waals surface area (Å²) in [6.45, 7) is 3.98. The molecule has 0 aliphatic carbocycles. The van der Waals surface area contributed by atoms with Crippen molar-refractivity contribution in [1.29, 1.82) is 0 Å². The third-order valence-corrected chi connectivity index (χ3v) is 5.30. The minimum Gasteiger partial charge on any atom is -0.506 e. The quantitative estimate of drug-likeness (QED) is 0.761. The first kappa shape index (κ1) is 16.7. The van der Waals surface area contributed by atoms with Crippen LogP contribution in [0.5, 0.6) is 5.75 Å². The van der Waals surface area contributed by atoms with Crippen LogP contribution in [-0.2, 0) is 0 Å². The summed E-state index contributed by atoms with van der Waals surface area (Å²) >= 11 is 0. The molecule has 0 bridgehead atoms. The fourth-order valence-electron chi connectivity index (χ4n) is 4.01. The Kier molecular flexibility index (Phi) is 4.89. The Morgan fingerprint density at radius 1 is 0.692 bits per heavy atom. The molecule has 4 rings (SSSR count). The van der Waals surface area contributed by atoms with Gasteiger partial charge in [-0.15, -0.1) is 0 Å². The van der Waals surface area contributed by atoms with E-state index in [0.717, 1.165) is 31.9 Å². The first-order chi connectivity index (χ1) is 12.8. The fraction of sp³-hybridized carbons (Fsp3) is 0.217. The standard InChI is InChI=1S/C23H24N2O/c26-22-14-8-7-13-21(22)24-15-17-25(18-16-24)23(19-9-3-1-4-10-19)20-11-5-2-6-12-20/h1-14,23,26H,15-18H2/p+1. The molecule has 0 spiro atoms. The second-order valence-electron chi connectivity index (χ2n) is 6.89. The predicted molar refractivity (Wildman–Crippen MR) is 106 cm³/mol. The maximum atomic E-state index is 10.1. The van der Waals surface area contributed by atoms with Crippen LogP contribution in [0.2, 0.25) is 0 Å². The summed E-state index contributed by atoms with van der Waals surface area (Å²) in [5.74, 6) is 0.374. The van der Waals surface area contributed by atoms with E-state index < -0.39 is 0 Å². The van der Waals surface area contributed by atoms with E-state index in [9.17, 15) is 5.11 Å². The largest absolute Gasteiger partial charge is 0.506 e. The normalized spacial score (nSPS) is 15.3. The average molecular weight is 345 g/mol. The number of anilines is 1. The first-order valence-electron chi connectivity index (χ1n) is 9.30. The van der Waals surface area contributed by atoms with Crippen LogP contribution in [-0.4, -0.2) is 31.3 Å². The van der Waals surface area contributed by atoms with Crippen molar-refractivity contribution in [2.24, 2.45) is 0 Å². The number of hydrogen-bond donors (Lipinski definition) is 2. The number of piperazine rings is 1. The predicted octanol–water partition coefficient (Wildman–Crippen LogP) is 2.89. The Hall–Kier alpha value is -2.78. The Labute approximate surface area is 155 Å². The third-order valence-electron chi connectivity index (χ3n) is 5.30. The second kappa shape index (κ2) is 7.63. The van der Waals surface area contributed by atoms with E-state index in [4.69, 9.17) is 0 Å². The lowest BCUT2D eigenvalue weighted by Crippen LogP contribution is -3.15. The molecule has 26 heavy (non-hydrogen) atoms. The van der Waals surface area contributed by atoms with Gasteiger partial charge in [-0.25, -0.2) is 0 Å². The van der Waals surface area contributed by atoms with E-state index in [2.05, 4.69) is 65.6 Å². The molecule has 1 aliphatic heterocycles. The number of hydrogen-bond acceptors (Lipinski definition) is 2. The number of phenols is 1. The van der Waals surface area contributed by atoms with Gasteiger partial charge in [-0.2, -0.15) is 0 Å². The Bertz CT molecular complexity index is 788. The van der Waals surface area contributed by atoms with Crippen LogP contribution in [0.4, 0.5) is 5.69 Å². The number of benzene rings is 3. The van der Waals surface area contributed by atoms with Crippen molar-refractivity contribution >= 4 is 5.69 Å². The van der Waals surface area contributed by atoms with Crippen molar-refractivity contribution < 1.29 is 10.0 Å². The second-order valence-corrected chi connectivity index (χ2v) is 6.89. The van der Waals surface area contributed by atoms with Crippen LogP contribution in [0.15, 0.2) is 84.9 Å². The molecule has 0 amide bonds. The zero-order chi connectivity index (χ0) is 17.8. The SMILES string of the molecule is Oc1ccccc1N1CC[NH+](C(c2ccccc2)c2ccccc2)CC1. The third kappa shape index (κ3) is 3.44. The molecule has 0 atom stereocenters. The van der Waals surface area contributed by atoms with Gasteiger partial charge in [0.05, 0.1) is 31.9 Å². The summed E-state index contributed by atoms with van der Waals surface area (Å²) < 4.78 is 0. The van der Waals surface area contributed by atoms with E-state index in [0.29, 0.717) is 11.8 Å². The number of para-hydroxylation sites is 2. The van der Waals surface area contributed by atoms with Gasteiger partial charge < -0.3 is 14.9 Å². The van der Waals surface area contributed by atoms with Gasteiger partial charge in [0.25, 0.3) is 0 Å². The highest BCUT2D eigenvalue weighted by Crippen LogP contribution is 2.26. The van der Waals surface area contributed by atoms with Gasteiger partial charge in [0.1, 0.15) is 11.8 Å². The van der Waals surface area contributed by atoms with E-state index in [1.54, 1.807) is 11.0 Å². The van der Waals surface area contributed by atoms with Crippen LogP contribution in [0, 0.1) is 0 Å². The number of phenolic OH excluding ortho intramolecular Hbond substituents is 1. The lowest BCUT2D eigenvalue weighted by Gasteiger charge is -2.38. The van der Waals surface area contributed by atoms with Crippen molar-refractivity contribution in [1.82, 2.24) is 0 Å². The number of rotatable bonds is 4. The van der Waals surface area contributed by atoms with Crippen molar-refractivity contribution in [3.05, 3.63) is 96.1 Å². The number of quaternary nitrogens is 1. The summed E-state index contributed by atoms with van der Waals surface area (Å²) in [4.78, 5) is 3.88. The molecule has 0 saturated carbocycles. The van der Waals surface area contributed by atoms with Crippen LogP contribution >= 0.6 is 0 Å². The van der Waals surface area contributed by atoms with E-state index in [1.165, 1.54) is 11.1 Å². The smallest absolute Gasteiger partial charge is 0.139 e. The summed E-state index contributed by atoms with van der Waals surface area (Å²) in [6.07, 6.45) is 0. The zero-order valence-electron chi connectivity index (χ0n) is 14.9. The fourth-order valence-corrected chi connectivity index (χ4v) is 4.01. The van der Waals surface area contributed by atoms with Gasteiger partial charge in [-0.05, 0) is 12.1 Å². The molecule has 1 fully saturated rings. The van der Waals surface area contributed by atoms with Crippen LogP contribution < -0.4 is 9.80 Å². The summed E-state index contributed by atoms with van der Waals surface area (Å²) in [7, 11) is 0. The van der Waals surface area contributed by atoms with Gasteiger partial charge in [-0.3, -0.25) is 0 Å². The molecule has 0 radical (unpaired) electrons. The van der Waals surface area contributed by atoms with Crippen LogP contribution in [0.1, 0.15) is 17.2 Å². The highest BCUT2D eigenvalue weighted by atomic mass is 16.3. The highest BCUT2D eigenvalue weighted by molar-refractivity contribution is 5.57. The Balaban J connectivity index is 1.56.